The minimum atomic E-state index is -0.940. The van der Waals surface area contributed by atoms with Gasteiger partial charge in [-0.25, -0.2) is 9.18 Å². The number of carbonyl (C=O) groups is 3. The maximum Gasteiger partial charge on any atom is 0.341 e. The van der Waals surface area contributed by atoms with Crippen LogP contribution in [-0.2, 0) is 10.3 Å². The van der Waals surface area contributed by atoms with Gasteiger partial charge < -0.3 is 24.5 Å². The Balaban J connectivity index is 1.30. The summed E-state index contributed by atoms with van der Waals surface area (Å²) in [5, 5.41) is 6.56. The smallest absolute Gasteiger partial charge is 0.341 e. The number of ether oxygens (including phenoxy) is 2. The molecule has 3 aromatic carbocycles. The van der Waals surface area contributed by atoms with Crippen LogP contribution in [0.4, 0.5) is 10.1 Å². The molecule has 1 aromatic heterocycles. The Morgan fingerprint density at radius 1 is 0.974 bits per heavy atom. The predicted molar refractivity (Wildman–Crippen MR) is 143 cm³/mol. The van der Waals surface area contributed by atoms with E-state index in [0.717, 1.165) is 30.2 Å². The van der Waals surface area contributed by atoms with E-state index < -0.39 is 23.2 Å². The first-order valence-electron chi connectivity index (χ1n) is 12.6. The van der Waals surface area contributed by atoms with Gasteiger partial charge in [0.1, 0.15) is 17.1 Å². The largest absolute Gasteiger partial charge is 0.497 e. The Hall–Kier alpha value is -4.66. The topological polar surface area (TPSA) is 107 Å². The summed E-state index contributed by atoms with van der Waals surface area (Å²) in [6.07, 6.45) is 2.46. The van der Waals surface area contributed by atoms with Crippen LogP contribution in [0.5, 0.6) is 5.75 Å². The molecule has 1 heterocycles. The molecule has 1 aliphatic carbocycles. The van der Waals surface area contributed by atoms with Crippen LogP contribution in [-0.4, -0.2) is 31.5 Å². The molecule has 0 radical (unpaired) electrons. The van der Waals surface area contributed by atoms with Crippen molar-refractivity contribution >= 4 is 34.4 Å². The van der Waals surface area contributed by atoms with Crippen LogP contribution >= 0.6 is 0 Å². The average molecular weight is 531 g/mol. The van der Waals surface area contributed by atoms with Crippen molar-refractivity contribution in [3.05, 3.63) is 95.0 Å². The van der Waals surface area contributed by atoms with Crippen molar-refractivity contribution in [3.8, 4) is 5.75 Å². The molecule has 4 aromatic rings. The molecule has 2 N–H and O–H groups in total. The van der Waals surface area contributed by atoms with Gasteiger partial charge in [0.2, 0.25) is 0 Å². The third kappa shape index (κ3) is 5.07. The fourth-order valence-electron chi connectivity index (χ4n) is 4.70. The summed E-state index contributed by atoms with van der Waals surface area (Å²) in [6, 6.07) is 18.1. The fourth-order valence-corrected chi connectivity index (χ4v) is 4.70. The maximum atomic E-state index is 14.8. The van der Waals surface area contributed by atoms with E-state index in [1.807, 2.05) is 12.1 Å². The van der Waals surface area contributed by atoms with Crippen molar-refractivity contribution in [3.63, 3.8) is 0 Å². The number of anilines is 1. The molecule has 39 heavy (non-hydrogen) atoms. The van der Waals surface area contributed by atoms with Gasteiger partial charge in [-0.15, -0.1) is 0 Å². The van der Waals surface area contributed by atoms with Crippen LogP contribution in [0.1, 0.15) is 63.0 Å². The van der Waals surface area contributed by atoms with Crippen LogP contribution in [0, 0.1) is 5.82 Å². The van der Waals surface area contributed by atoms with Crippen molar-refractivity contribution < 1.29 is 32.7 Å². The SMILES string of the molecule is CCOC(=O)c1cccc(C(=O)Nc2ccc(C3(NC(=O)c4cc5cc(OC)ccc5o4)CCC3)cc2)c1F. The number of halogens is 1. The number of benzene rings is 3. The van der Waals surface area contributed by atoms with E-state index in [4.69, 9.17) is 13.9 Å². The normalized spacial score (nSPS) is 13.8. The Morgan fingerprint density at radius 2 is 1.72 bits per heavy atom. The Kier molecular flexibility index (Phi) is 7.06. The van der Waals surface area contributed by atoms with Gasteiger partial charge in [-0.05, 0) is 80.3 Å². The molecule has 0 aliphatic heterocycles. The van der Waals surface area contributed by atoms with Gasteiger partial charge in [0.05, 0.1) is 30.4 Å². The first kappa shape index (κ1) is 26.0. The molecule has 0 unspecified atom stereocenters. The molecule has 1 fully saturated rings. The Bertz CT molecular complexity index is 1560. The van der Waals surface area contributed by atoms with Crippen LogP contribution in [0.2, 0.25) is 0 Å². The molecule has 8 nitrogen and oxygen atoms in total. The molecule has 0 spiro atoms. The Morgan fingerprint density at radius 3 is 2.38 bits per heavy atom. The zero-order valence-corrected chi connectivity index (χ0v) is 21.5. The van der Waals surface area contributed by atoms with Crippen LogP contribution < -0.4 is 15.4 Å². The van der Waals surface area contributed by atoms with Gasteiger partial charge in [0.15, 0.2) is 5.76 Å². The van der Waals surface area contributed by atoms with Crippen molar-refractivity contribution in [2.24, 2.45) is 0 Å². The van der Waals surface area contributed by atoms with E-state index in [0.29, 0.717) is 17.0 Å². The summed E-state index contributed by atoms with van der Waals surface area (Å²) in [5.74, 6) is -1.90. The first-order chi connectivity index (χ1) is 18.8. The highest BCUT2D eigenvalue weighted by atomic mass is 19.1. The standard InChI is InChI=1S/C30H27FN2O6/c1-3-38-29(36)23-7-4-6-22(26(23)31)27(34)32-20-10-8-19(9-11-20)30(14-5-15-30)33-28(35)25-17-18-16-21(37-2)12-13-24(18)39-25/h4,6-13,16-17H,3,5,14-15H2,1-2H3,(H,32,34)(H,33,35). The van der Waals surface area contributed by atoms with Crippen molar-refractivity contribution in [1.82, 2.24) is 5.32 Å². The number of methoxy groups -OCH3 is 1. The van der Waals surface area contributed by atoms with Gasteiger partial charge >= 0.3 is 5.97 Å². The van der Waals surface area contributed by atoms with E-state index in [2.05, 4.69) is 10.6 Å². The number of fused-ring (bicyclic) bond motifs is 1. The molecule has 0 atom stereocenters. The minimum Gasteiger partial charge on any atom is -0.497 e. The minimum absolute atomic E-state index is 0.0937. The summed E-state index contributed by atoms with van der Waals surface area (Å²) in [6.45, 7) is 1.71. The van der Waals surface area contributed by atoms with Crippen molar-refractivity contribution in [1.29, 1.82) is 0 Å². The summed E-state index contributed by atoms with van der Waals surface area (Å²) >= 11 is 0. The molecular weight excluding hydrogens is 503 g/mol. The molecule has 2 amide bonds. The highest BCUT2D eigenvalue weighted by Crippen LogP contribution is 2.42. The second kappa shape index (κ2) is 10.6. The van der Waals surface area contributed by atoms with Crippen LogP contribution in [0.25, 0.3) is 11.0 Å². The zero-order chi connectivity index (χ0) is 27.6. The highest BCUT2D eigenvalue weighted by molar-refractivity contribution is 6.06. The van der Waals surface area contributed by atoms with E-state index in [1.165, 1.54) is 18.2 Å². The third-order valence-electron chi connectivity index (χ3n) is 6.94. The molecular formula is C30H27FN2O6. The monoisotopic (exact) mass is 530 g/mol. The molecule has 1 aliphatic rings. The van der Waals surface area contributed by atoms with Gasteiger partial charge in [-0.1, -0.05) is 18.2 Å². The lowest BCUT2D eigenvalue weighted by Gasteiger charge is -2.43. The predicted octanol–water partition coefficient (Wildman–Crippen LogP) is 5.82. The average Bonchev–Trinajstić information content (AvgIpc) is 3.35. The number of hydrogen-bond donors (Lipinski definition) is 2. The molecule has 0 bridgehead atoms. The van der Waals surface area contributed by atoms with E-state index in [-0.39, 0.29) is 29.4 Å². The Labute approximate surface area is 224 Å². The lowest BCUT2D eigenvalue weighted by molar-refractivity contribution is 0.0520. The van der Waals surface area contributed by atoms with E-state index >= 15 is 0 Å². The molecule has 200 valence electrons. The highest BCUT2D eigenvalue weighted by Gasteiger charge is 2.40. The van der Waals surface area contributed by atoms with Gasteiger partial charge in [-0.3, -0.25) is 9.59 Å². The van der Waals surface area contributed by atoms with E-state index in [1.54, 1.807) is 50.4 Å². The molecule has 5 rings (SSSR count). The molecule has 0 saturated heterocycles. The van der Waals surface area contributed by atoms with Crippen molar-refractivity contribution in [2.75, 3.05) is 19.0 Å². The number of esters is 1. The third-order valence-corrected chi connectivity index (χ3v) is 6.94. The number of carbonyl (C=O) groups excluding carboxylic acids is 3. The van der Waals surface area contributed by atoms with Gasteiger partial charge in [-0.2, -0.15) is 0 Å². The molecule has 1 saturated carbocycles. The summed E-state index contributed by atoms with van der Waals surface area (Å²) < 4.78 is 30.7. The molecule has 9 heteroatoms. The lowest BCUT2D eigenvalue weighted by atomic mass is 9.71. The summed E-state index contributed by atoms with van der Waals surface area (Å²) in [7, 11) is 1.58. The van der Waals surface area contributed by atoms with Gasteiger partial charge in [0.25, 0.3) is 11.8 Å². The van der Waals surface area contributed by atoms with Crippen molar-refractivity contribution in [2.45, 2.75) is 31.7 Å². The first-order valence-corrected chi connectivity index (χ1v) is 12.6. The number of amides is 2. The second-order valence-corrected chi connectivity index (χ2v) is 9.32. The summed E-state index contributed by atoms with van der Waals surface area (Å²) in [5.41, 5.74) is 0.788. The number of nitrogens with one attached hydrogen (secondary N) is 2. The fraction of sp³-hybridized carbons (Fsp3) is 0.233. The maximum absolute atomic E-state index is 14.8. The van der Waals surface area contributed by atoms with Crippen LogP contribution in [0.15, 0.2) is 71.1 Å². The number of furan rings is 1. The van der Waals surface area contributed by atoms with Crippen LogP contribution in [0.3, 0.4) is 0 Å². The number of hydrogen-bond acceptors (Lipinski definition) is 6. The zero-order valence-electron chi connectivity index (χ0n) is 21.5. The quantitative estimate of drug-likeness (QED) is 0.278. The number of rotatable bonds is 8. The summed E-state index contributed by atoms with van der Waals surface area (Å²) in [4.78, 5) is 37.8. The lowest BCUT2D eigenvalue weighted by Crippen LogP contribution is -2.50. The second-order valence-electron chi connectivity index (χ2n) is 9.32. The van der Waals surface area contributed by atoms with Gasteiger partial charge in [0, 0.05) is 11.1 Å². The van der Waals surface area contributed by atoms with E-state index in [9.17, 15) is 18.8 Å².